The van der Waals surface area contributed by atoms with Gasteiger partial charge in [-0.05, 0) is 35.6 Å². The number of amides is 2. The van der Waals surface area contributed by atoms with E-state index in [2.05, 4.69) is 21.1 Å². The number of ketones is 3. The van der Waals surface area contributed by atoms with Crippen LogP contribution in [-0.4, -0.2) is 113 Å². The number of nitrogens with zero attached hydrogens (tertiary/aromatic N) is 3. The van der Waals surface area contributed by atoms with E-state index in [1.165, 1.54) is 56.0 Å². The predicted octanol–water partition coefficient (Wildman–Crippen LogP) is 1.86. The SMILES string of the molecule is COc1cccc2c1C(=O)c1c(O)c3c(c(O)c1C2=O)C[C@@](O)(C(=O)CO)C[C@@H]3OC1CC(NOC(=O)NCc2ccc(NC(=O)OCc3ncc([N+](=O)[O-])n3C)cc2)C(O)C(C)O1. The molecule has 4 aromatic rings. The van der Waals surface area contributed by atoms with Crippen LogP contribution in [0.15, 0.2) is 48.7 Å². The molecule has 23 heteroatoms. The van der Waals surface area contributed by atoms with Crippen molar-refractivity contribution in [3.8, 4) is 17.2 Å². The van der Waals surface area contributed by atoms with Gasteiger partial charge in [-0.15, -0.1) is 5.48 Å². The molecule has 23 nitrogen and oxygen atoms in total. The zero-order valence-corrected chi connectivity index (χ0v) is 34.2. The van der Waals surface area contributed by atoms with Crippen LogP contribution in [0.4, 0.5) is 21.1 Å². The van der Waals surface area contributed by atoms with Crippen molar-refractivity contribution in [3.63, 3.8) is 0 Å². The molecule has 6 atom stereocenters. The number of imidazole rings is 1. The Balaban J connectivity index is 0.998. The van der Waals surface area contributed by atoms with E-state index >= 15 is 0 Å². The summed E-state index contributed by atoms with van der Waals surface area (Å²) in [7, 11) is 2.70. The van der Waals surface area contributed by atoms with Crippen LogP contribution in [0.25, 0.3) is 0 Å². The maximum atomic E-state index is 14.0. The van der Waals surface area contributed by atoms with E-state index in [9.17, 15) is 59.6 Å². The Labute approximate surface area is 361 Å². The third-order valence-corrected chi connectivity index (χ3v) is 11.3. The van der Waals surface area contributed by atoms with E-state index in [0.717, 1.165) is 6.20 Å². The van der Waals surface area contributed by atoms with Crippen LogP contribution < -0.4 is 20.9 Å². The monoisotopic (exact) mass is 890 g/mol. The molecule has 2 aliphatic carbocycles. The highest BCUT2D eigenvalue weighted by Crippen LogP contribution is 2.52. The minimum absolute atomic E-state index is 0.0354. The number of carbonyl (C=O) groups is 5. The highest BCUT2D eigenvalue weighted by Gasteiger charge is 2.50. The molecule has 3 aromatic carbocycles. The number of anilines is 1. The highest BCUT2D eigenvalue weighted by atomic mass is 16.7. The Bertz CT molecular complexity index is 2540. The van der Waals surface area contributed by atoms with Gasteiger partial charge in [0.25, 0.3) is 0 Å². The van der Waals surface area contributed by atoms with Gasteiger partial charge in [-0.1, -0.05) is 24.3 Å². The molecule has 0 bridgehead atoms. The molecule has 1 aromatic heterocycles. The smallest absolute Gasteiger partial charge is 0.426 e. The number of phenols is 2. The summed E-state index contributed by atoms with van der Waals surface area (Å²) < 4.78 is 23.7. The van der Waals surface area contributed by atoms with E-state index in [4.69, 9.17) is 23.8 Å². The van der Waals surface area contributed by atoms with Crippen LogP contribution >= 0.6 is 0 Å². The standard InChI is InChI=1S/C41H42N6O17/c1-18-34(50)23(45-64-39(55)43-14-19-7-9-20(10-8-19)44-40(56)61-17-27-42-15-28(46(27)2)47(58)59)11-29(62-18)63-25-13-41(57,26(49)16-48)12-22-31(25)38(54)33-32(36(22)52)35(51)21-5-4-6-24(60-3)30(21)37(33)53/h4-10,15,18,23,25,29,34,45,48,50,52,54,57H,11-14,16-17H2,1-3H3,(H,43,55)(H,44,56)/t18?,23?,25-,29?,34?,41-/m0/s1. The molecule has 0 saturated carbocycles. The normalized spacial score (nSPS) is 22.4. The third kappa shape index (κ3) is 8.54. The Morgan fingerprint density at radius 3 is 2.44 bits per heavy atom. The van der Waals surface area contributed by atoms with Crippen molar-refractivity contribution in [2.45, 2.75) is 75.6 Å². The fraction of sp³-hybridized carbons (Fsp3) is 0.366. The van der Waals surface area contributed by atoms with Gasteiger partial charge in [0, 0.05) is 48.2 Å². The average Bonchev–Trinajstić information content (AvgIpc) is 3.65. The van der Waals surface area contributed by atoms with Crippen LogP contribution in [0, 0.1) is 10.1 Å². The maximum absolute atomic E-state index is 14.0. The van der Waals surface area contributed by atoms with E-state index in [1.54, 1.807) is 12.1 Å². The molecule has 3 aliphatic rings. The molecular formula is C41H42N6O17. The van der Waals surface area contributed by atoms with Crippen LogP contribution in [0.1, 0.15) is 80.2 Å². The summed E-state index contributed by atoms with van der Waals surface area (Å²) in [5, 5.41) is 71.7. The molecule has 8 N–H and O–H groups in total. The summed E-state index contributed by atoms with van der Waals surface area (Å²) in [6, 6.07) is 9.44. The van der Waals surface area contributed by atoms with E-state index in [0.29, 0.717) is 11.3 Å². The Kier molecular flexibility index (Phi) is 12.7. The van der Waals surface area contributed by atoms with Crippen molar-refractivity contribution in [2.24, 2.45) is 7.05 Å². The third-order valence-electron chi connectivity index (χ3n) is 11.3. The van der Waals surface area contributed by atoms with Crippen molar-refractivity contribution in [1.29, 1.82) is 0 Å². The number of fused-ring (bicyclic) bond motifs is 3. The lowest BCUT2D eigenvalue weighted by molar-refractivity contribution is -0.391. The molecule has 2 heterocycles. The number of nitrogens with one attached hydrogen (secondary N) is 3. The van der Waals surface area contributed by atoms with Crippen molar-refractivity contribution in [1.82, 2.24) is 20.3 Å². The van der Waals surface area contributed by atoms with E-state index < -0.39 is 113 Å². The Hall–Kier alpha value is -7.02. The van der Waals surface area contributed by atoms with Gasteiger partial charge in [-0.25, -0.2) is 19.1 Å². The molecule has 1 saturated heterocycles. The van der Waals surface area contributed by atoms with Crippen molar-refractivity contribution in [2.75, 3.05) is 19.0 Å². The van der Waals surface area contributed by atoms with Gasteiger partial charge < -0.3 is 64.7 Å². The van der Waals surface area contributed by atoms with Gasteiger partial charge in [-0.3, -0.25) is 19.7 Å². The summed E-state index contributed by atoms with van der Waals surface area (Å²) in [6.07, 6.45) is -7.39. The van der Waals surface area contributed by atoms with E-state index in [-0.39, 0.29) is 59.2 Å². The minimum atomic E-state index is -2.39. The molecular weight excluding hydrogens is 848 g/mol. The summed E-state index contributed by atoms with van der Waals surface area (Å²) in [6.45, 7) is 0.0124. The fourth-order valence-corrected chi connectivity index (χ4v) is 7.90. The van der Waals surface area contributed by atoms with E-state index in [1.807, 2.05) is 0 Å². The van der Waals surface area contributed by atoms with Crippen molar-refractivity contribution >= 4 is 41.0 Å². The second kappa shape index (κ2) is 18.0. The number of nitro groups is 1. The number of benzene rings is 3. The number of hydroxylamine groups is 1. The highest BCUT2D eigenvalue weighted by molar-refractivity contribution is 6.31. The molecule has 2 amide bonds. The molecule has 1 fully saturated rings. The van der Waals surface area contributed by atoms with Gasteiger partial charge >= 0.3 is 18.0 Å². The van der Waals surface area contributed by atoms with Gasteiger partial charge in [0.1, 0.15) is 35.7 Å². The molecule has 64 heavy (non-hydrogen) atoms. The largest absolute Gasteiger partial charge is 0.507 e. The fourth-order valence-electron chi connectivity index (χ4n) is 7.90. The Morgan fingerprint density at radius 2 is 1.77 bits per heavy atom. The first-order valence-corrected chi connectivity index (χ1v) is 19.6. The number of hydrogen-bond donors (Lipinski definition) is 8. The summed E-state index contributed by atoms with van der Waals surface area (Å²) in [4.78, 5) is 85.1. The summed E-state index contributed by atoms with van der Waals surface area (Å²) in [5.74, 6) is -4.37. The first-order valence-electron chi connectivity index (χ1n) is 19.6. The number of methoxy groups -OCH3 is 1. The number of hydrogen-bond acceptors (Lipinski definition) is 19. The first-order chi connectivity index (χ1) is 30.5. The van der Waals surface area contributed by atoms with Crippen LogP contribution in [-0.2, 0) is 50.5 Å². The zero-order valence-electron chi connectivity index (χ0n) is 34.2. The lowest BCUT2D eigenvalue weighted by Crippen LogP contribution is -2.55. The Morgan fingerprint density at radius 1 is 1.05 bits per heavy atom. The molecule has 1 aliphatic heterocycles. The summed E-state index contributed by atoms with van der Waals surface area (Å²) in [5.41, 5.74) is -0.881. The number of aromatic nitrogens is 2. The zero-order chi connectivity index (χ0) is 46.2. The quantitative estimate of drug-likeness (QED) is 0.0475. The minimum Gasteiger partial charge on any atom is -0.507 e. The number of aromatic hydroxyl groups is 2. The average molecular weight is 891 g/mol. The van der Waals surface area contributed by atoms with Crippen molar-refractivity contribution in [3.05, 3.63) is 104 Å². The molecule has 0 spiro atoms. The van der Waals surface area contributed by atoms with Crippen LogP contribution in [0.3, 0.4) is 0 Å². The number of carbonyl (C=O) groups excluding carboxylic acids is 5. The molecule has 0 radical (unpaired) electrons. The van der Waals surface area contributed by atoms with Crippen LogP contribution in [0.2, 0.25) is 0 Å². The van der Waals surface area contributed by atoms with Gasteiger partial charge in [0.2, 0.25) is 11.6 Å². The number of phenolic OH excluding ortho intramolecular Hbond substituents is 2. The number of aliphatic hydroxyl groups excluding tert-OH is 2. The number of Topliss-reactive ketones (excluding diaryl/α,β-unsaturated/α-hetero) is 1. The van der Waals surface area contributed by atoms with Gasteiger partial charge in [0.15, 0.2) is 24.5 Å². The number of aliphatic hydroxyl groups is 3. The van der Waals surface area contributed by atoms with Crippen LogP contribution in [0.5, 0.6) is 17.2 Å². The lowest BCUT2D eigenvalue weighted by Gasteiger charge is -2.42. The topological polar surface area (TPSA) is 330 Å². The number of rotatable bonds is 13. The molecule has 4 unspecified atom stereocenters. The lowest BCUT2D eigenvalue weighted by atomic mass is 9.72. The number of ether oxygens (including phenoxy) is 4. The second-order valence-corrected chi connectivity index (χ2v) is 15.2. The maximum Gasteiger partial charge on any atom is 0.426 e. The predicted molar refractivity (Wildman–Crippen MR) is 214 cm³/mol. The summed E-state index contributed by atoms with van der Waals surface area (Å²) >= 11 is 0. The van der Waals surface area contributed by atoms with Gasteiger partial charge in [-0.2, -0.15) is 0 Å². The van der Waals surface area contributed by atoms with Gasteiger partial charge in [0.05, 0.1) is 55.2 Å². The molecule has 7 rings (SSSR count). The molecule has 338 valence electrons. The second-order valence-electron chi connectivity index (χ2n) is 15.2. The first kappa shape index (κ1) is 45.0. The van der Waals surface area contributed by atoms with Crippen molar-refractivity contribution < 1.29 is 78.2 Å².